The lowest BCUT2D eigenvalue weighted by molar-refractivity contribution is -0.299. The maximum absolute atomic E-state index is 13.2. The van der Waals surface area contributed by atoms with Gasteiger partial charge in [-0.15, -0.1) is 0 Å². The van der Waals surface area contributed by atoms with Crippen molar-refractivity contribution in [3.63, 3.8) is 0 Å². The van der Waals surface area contributed by atoms with Crippen LogP contribution in [0.4, 0.5) is 13.2 Å². The summed E-state index contributed by atoms with van der Waals surface area (Å²) in [5.74, 6) is 0. The van der Waals surface area contributed by atoms with E-state index >= 15 is 0 Å². The molecule has 0 saturated heterocycles. The second-order valence-electron chi connectivity index (χ2n) is 5.07. The van der Waals surface area contributed by atoms with Crippen LogP contribution in [0.15, 0.2) is 22.7 Å². The number of aliphatic hydroxyl groups is 1. The summed E-state index contributed by atoms with van der Waals surface area (Å²) >= 11 is 3.23. The Bertz CT molecular complexity index is 467. The molecule has 0 unspecified atom stereocenters. The van der Waals surface area contributed by atoms with Crippen LogP contribution in [0.25, 0.3) is 0 Å². The summed E-state index contributed by atoms with van der Waals surface area (Å²) < 4.78 is 40.2. The Morgan fingerprint density at radius 2 is 1.88 bits per heavy atom. The number of rotatable bonds is 0. The van der Waals surface area contributed by atoms with Gasteiger partial charge in [0.25, 0.3) is 0 Å². The molecule has 0 heterocycles. The minimum absolute atomic E-state index is 0.0294. The lowest BCUT2D eigenvalue weighted by Crippen LogP contribution is -2.50. The van der Waals surface area contributed by atoms with Crippen LogP contribution in [0.1, 0.15) is 25.0 Å². The molecular weight excluding hydrogens is 297 g/mol. The number of halogens is 4. The molecule has 1 N–H and O–H groups in total. The fourth-order valence-electron chi connectivity index (χ4n) is 2.57. The van der Waals surface area contributed by atoms with E-state index in [2.05, 4.69) is 15.9 Å². The molecule has 0 radical (unpaired) electrons. The van der Waals surface area contributed by atoms with Crippen LogP contribution in [0.3, 0.4) is 0 Å². The van der Waals surface area contributed by atoms with E-state index in [0.29, 0.717) is 5.56 Å². The predicted molar refractivity (Wildman–Crippen MR) is 61.6 cm³/mol. The molecule has 5 heteroatoms. The summed E-state index contributed by atoms with van der Waals surface area (Å²) in [6.07, 6.45) is -4.46. The van der Waals surface area contributed by atoms with E-state index in [0.717, 1.165) is 4.47 Å². The summed E-state index contributed by atoms with van der Waals surface area (Å²) in [4.78, 5) is 0. The third kappa shape index (κ3) is 1.63. The van der Waals surface area contributed by atoms with Gasteiger partial charge in [-0.3, -0.25) is 0 Å². The van der Waals surface area contributed by atoms with Crippen molar-refractivity contribution in [2.24, 2.45) is 5.41 Å². The molecule has 2 rings (SSSR count). The molecule has 0 aliphatic heterocycles. The first-order valence-electron chi connectivity index (χ1n) is 5.17. The zero-order chi connectivity index (χ0) is 13.1. The maximum Gasteiger partial charge on any atom is 0.421 e. The van der Waals surface area contributed by atoms with Crippen LogP contribution >= 0.6 is 15.9 Å². The standard InChI is InChI=1S/C12H12BrF3O/c1-10(2)6-7-5-8(13)3-4-9(7)11(10,17)12(14,15)16/h3-5,17H,6H2,1-2H3/t11-/m0/s1. The quantitative estimate of drug-likeness (QED) is 0.773. The third-order valence-electron chi connectivity index (χ3n) is 3.48. The Morgan fingerprint density at radius 1 is 1.29 bits per heavy atom. The van der Waals surface area contributed by atoms with Crippen LogP contribution in [0.5, 0.6) is 0 Å². The SMILES string of the molecule is CC1(C)Cc2cc(Br)ccc2[C@@]1(O)C(F)(F)F. The molecule has 17 heavy (non-hydrogen) atoms. The Balaban J connectivity index is 2.69. The van der Waals surface area contributed by atoms with E-state index in [-0.39, 0.29) is 12.0 Å². The normalized spacial score (nSPS) is 27.0. The summed E-state index contributed by atoms with van der Waals surface area (Å²) in [6, 6.07) is 4.51. The number of hydrogen-bond donors (Lipinski definition) is 1. The molecular formula is C12H12BrF3O. The maximum atomic E-state index is 13.2. The lowest BCUT2D eigenvalue weighted by atomic mass is 9.75. The summed E-state index contributed by atoms with van der Waals surface area (Å²) in [6.45, 7) is 2.88. The van der Waals surface area contributed by atoms with E-state index in [1.807, 2.05) is 0 Å². The van der Waals surface area contributed by atoms with Crippen LogP contribution in [0.2, 0.25) is 0 Å². The molecule has 0 amide bonds. The topological polar surface area (TPSA) is 20.2 Å². The average Bonchev–Trinajstić information content (AvgIpc) is 2.33. The molecule has 1 aromatic carbocycles. The van der Waals surface area contributed by atoms with Crippen LogP contribution in [0, 0.1) is 5.41 Å². The van der Waals surface area contributed by atoms with Gasteiger partial charge < -0.3 is 5.11 Å². The van der Waals surface area contributed by atoms with Crippen molar-refractivity contribution in [1.82, 2.24) is 0 Å². The van der Waals surface area contributed by atoms with Crippen LogP contribution in [-0.4, -0.2) is 11.3 Å². The van der Waals surface area contributed by atoms with Crippen molar-refractivity contribution in [1.29, 1.82) is 0 Å². The highest BCUT2D eigenvalue weighted by Gasteiger charge is 2.66. The molecule has 0 saturated carbocycles. The lowest BCUT2D eigenvalue weighted by Gasteiger charge is -2.38. The zero-order valence-corrected chi connectivity index (χ0v) is 11.0. The van der Waals surface area contributed by atoms with Gasteiger partial charge >= 0.3 is 6.18 Å². The van der Waals surface area contributed by atoms with Gasteiger partial charge in [0.2, 0.25) is 0 Å². The number of hydrogen-bond acceptors (Lipinski definition) is 1. The van der Waals surface area contributed by atoms with Gasteiger partial charge in [0.1, 0.15) is 0 Å². The van der Waals surface area contributed by atoms with Crippen molar-refractivity contribution in [2.75, 3.05) is 0 Å². The zero-order valence-electron chi connectivity index (χ0n) is 9.40. The average molecular weight is 309 g/mol. The monoisotopic (exact) mass is 308 g/mol. The Hall–Kier alpha value is -0.550. The number of fused-ring (bicyclic) bond motifs is 1. The molecule has 1 aromatic rings. The van der Waals surface area contributed by atoms with E-state index in [1.54, 1.807) is 6.07 Å². The second-order valence-corrected chi connectivity index (χ2v) is 5.99. The van der Waals surface area contributed by atoms with Gasteiger partial charge in [-0.05, 0) is 29.7 Å². The van der Waals surface area contributed by atoms with Crippen molar-refractivity contribution < 1.29 is 18.3 Å². The van der Waals surface area contributed by atoms with E-state index in [9.17, 15) is 18.3 Å². The molecule has 0 aromatic heterocycles. The van der Waals surface area contributed by atoms with Crippen molar-refractivity contribution in [2.45, 2.75) is 32.0 Å². The van der Waals surface area contributed by atoms with Gasteiger partial charge in [0.15, 0.2) is 5.60 Å². The smallest absolute Gasteiger partial charge is 0.376 e. The Kier molecular flexibility index (Phi) is 2.64. The molecule has 1 aliphatic rings. The van der Waals surface area contributed by atoms with Crippen molar-refractivity contribution in [3.05, 3.63) is 33.8 Å². The third-order valence-corrected chi connectivity index (χ3v) is 3.97. The minimum atomic E-state index is -4.67. The van der Waals surface area contributed by atoms with E-state index < -0.39 is 17.2 Å². The first-order chi connectivity index (χ1) is 7.59. The summed E-state index contributed by atoms with van der Waals surface area (Å²) in [5.41, 5.74) is -3.51. The van der Waals surface area contributed by atoms with Crippen molar-refractivity contribution >= 4 is 15.9 Å². The largest absolute Gasteiger partial charge is 0.421 e. The van der Waals surface area contributed by atoms with Gasteiger partial charge in [-0.25, -0.2) is 0 Å². The Labute approximate surface area is 106 Å². The molecule has 1 atom stereocenters. The van der Waals surface area contributed by atoms with Gasteiger partial charge in [-0.2, -0.15) is 13.2 Å². The van der Waals surface area contributed by atoms with Crippen LogP contribution in [-0.2, 0) is 12.0 Å². The van der Waals surface area contributed by atoms with Gasteiger partial charge in [0, 0.05) is 9.89 Å². The number of benzene rings is 1. The molecule has 94 valence electrons. The molecule has 1 nitrogen and oxygen atoms in total. The minimum Gasteiger partial charge on any atom is -0.376 e. The predicted octanol–water partition coefficient (Wildman–Crippen LogP) is 3.78. The summed E-state index contributed by atoms with van der Waals surface area (Å²) in [5, 5.41) is 10.2. The molecule has 0 fully saturated rings. The van der Waals surface area contributed by atoms with Gasteiger partial charge in [0.05, 0.1) is 0 Å². The highest BCUT2D eigenvalue weighted by atomic mass is 79.9. The molecule has 0 spiro atoms. The highest BCUT2D eigenvalue weighted by molar-refractivity contribution is 9.10. The van der Waals surface area contributed by atoms with Crippen LogP contribution < -0.4 is 0 Å². The second kappa shape index (κ2) is 3.48. The fraction of sp³-hybridized carbons (Fsp3) is 0.500. The fourth-order valence-corrected chi connectivity index (χ4v) is 2.98. The Morgan fingerprint density at radius 3 is 2.41 bits per heavy atom. The first kappa shape index (κ1) is 12.9. The van der Waals surface area contributed by atoms with Gasteiger partial charge in [-0.1, -0.05) is 35.8 Å². The highest BCUT2D eigenvalue weighted by Crippen LogP contribution is 2.57. The molecule has 1 aliphatic carbocycles. The van der Waals surface area contributed by atoms with E-state index in [4.69, 9.17) is 0 Å². The molecule has 0 bridgehead atoms. The summed E-state index contributed by atoms with van der Waals surface area (Å²) in [7, 11) is 0. The van der Waals surface area contributed by atoms with Crippen molar-refractivity contribution in [3.8, 4) is 0 Å². The number of alkyl halides is 3. The first-order valence-corrected chi connectivity index (χ1v) is 5.97. The van der Waals surface area contributed by atoms with E-state index in [1.165, 1.54) is 26.0 Å².